The van der Waals surface area contributed by atoms with Crippen LogP contribution < -0.4 is 5.32 Å². The molecule has 0 unspecified atom stereocenters. The van der Waals surface area contributed by atoms with E-state index >= 15 is 0 Å². The zero-order chi connectivity index (χ0) is 13.7. The van der Waals surface area contributed by atoms with Gasteiger partial charge in [-0.15, -0.1) is 5.10 Å². The highest BCUT2D eigenvalue weighted by atomic mass is 16.3. The molecule has 0 radical (unpaired) electrons. The fourth-order valence-corrected chi connectivity index (χ4v) is 1.66. The smallest absolute Gasteiger partial charge is 0.251 e. The Morgan fingerprint density at radius 1 is 1.47 bits per heavy atom. The molecular formula is C12H15N5O2. The molecule has 0 aliphatic rings. The van der Waals surface area contributed by atoms with Crippen molar-refractivity contribution in [3.63, 3.8) is 0 Å². The molecule has 100 valence electrons. The summed E-state index contributed by atoms with van der Waals surface area (Å²) in [5.41, 5.74) is 1.32. The van der Waals surface area contributed by atoms with E-state index in [-0.39, 0.29) is 12.5 Å². The molecule has 0 atom stereocenters. The highest BCUT2D eigenvalue weighted by molar-refractivity contribution is 5.95. The Bertz CT molecular complexity index is 567. The van der Waals surface area contributed by atoms with Crippen molar-refractivity contribution in [1.29, 1.82) is 0 Å². The number of nitrogens with zero attached hydrogens (tertiary/aromatic N) is 4. The van der Waals surface area contributed by atoms with Gasteiger partial charge in [-0.05, 0) is 29.0 Å². The first-order valence-corrected chi connectivity index (χ1v) is 5.94. The van der Waals surface area contributed by atoms with Crippen molar-refractivity contribution < 1.29 is 9.90 Å². The Balaban J connectivity index is 2.16. The second kappa shape index (κ2) is 6.05. The van der Waals surface area contributed by atoms with Crippen molar-refractivity contribution in [3.8, 4) is 11.4 Å². The molecule has 1 aromatic heterocycles. The number of aromatic nitrogens is 4. The number of amides is 1. The molecule has 2 N–H and O–H groups in total. The Kier molecular flexibility index (Phi) is 4.19. The van der Waals surface area contributed by atoms with Crippen molar-refractivity contribution in [2.45, 2.75) is 6.42 Å². The van der Waals surface area contributed by atoms with Gasteiger partial charge >= 0.3 is 0 Å². The molecule has 1 heterocycles. The summed E-state index contributed by atoms with van der Waals surface area (Å²) in [7, 11) is 1.74. The van der Waals surface area contributed by atoms with Gasteiger partial charge in [-0.25, -0.2) is 4.68 Å². The van der Waals surface area contributed by atoms with Crippen LogP contribution in [0.1, 0.15) is 16.8 Å². The van der Waals surface area contributed by atoms with Crippen LogP contribution in [0.5, 0.6) is 0 Å². The minimum Gasteiger partial charge on any atom is -0.396 e. The van der Waals surface area contributed by atoms with Gasteiger partial charge in [-0.3, -0.25) is 4.79 Å². The third-order valence-electron chi connectivity index (χ3n) is 2.62. The lowest BCUT2D eigenvalue weighted by Crippen LogP contribution is -2.25. The van der Waals surface area contributed by atoms with Crippen LogP contribution in [-0.4, -0.2) is 44.4 Å². The van der Waals surface area contributed by atoms with Gasteiger partial charge in [0.05, 0.1) is 0 Å². The van der Waals surface area contributed by atoms with Crippen molar-refractivity contribution >= 4 is 5.91 Å². The number of aliphatic hydroxyl groups excluding tert-OH is 1. The van der Waals surface area contributed by atoms with Gasteiger partial charge in [0.15, 0.2) is 5.82 Å². The standard InChI is InChI=1S/C12H15N5O2/c1-17-11(14-15-16-17)9-4-2-5-10(8-9)12(19)13-6-3-7-18/h2,4-5,8,18H,3,6-7H2,1H3,(H,13,19). The summed E-state index contributed by atoms with van der Waals surface area (Å²) < 4.78 is 1.54. The molecule has 1 amide bonds. The largest absolute Gasteiger partial charge is 0.396 e. The van der Waals surface area contributed by atoms with Crippen LogP contribution in [0.2, 0.25) is 0 Å². The van der Waals surface area contributed by atoms with E-state index in [1.54, 1.807) is 29.9 Å². The molecule has 0 saturated carbocycles. The number of benzene rings is 1. The molecule has 0 spiro atoms. The fourth-order valence-electron chi connectivity index (χ4n) is 1.66. The molecular weight excluding hydrogens is 246 g/mol. The van der Waals surface area contributed by atoms with E-state index < -0.39 is 0 Å². The number of hydrogen-bond acceptors (Lipinski definition) is 5. The number of carbonyl (C=O) groups excluding carboxylic acids is 1. The van der Waals surface area contributed by atoms with Crippen molar-refractivity contribution in [2.75, 3.05) is 13.2 Å². The van der Waals surface area contributed by atoms with Gasteiger partial charge in [0.25, 0.3) is 5.91 Å². The Hall–Kier alpha value is -2.28. The summed E-state index contributed by atoms with van der Waals surface area (Å²) in [5, 5.41) is 22.6. The lowest BCUT2D eigenvalue weighted by molar-refractivity contribution is 0.0951. The van der Waals surface area contributed by atoms with Gasteiger partial charge < -0.3 is 10.4 Å². The average Bonchev–Trinajstić information content (AvgIpc) is 2.85. The van der Waals surface area contributed by atoms with Crippen LogP contribution >= 0.6 is 0 Å². The topological polar surface area (TPSA) is 92.9 Å². The van der Waals surface area contributed by atoms with Crippen molar-refractivity contribution in [2.24, 2.45) is 7.05 Å². The normalized spacial score (nSPS) is 10.4. The molecule has 1 aromatic carbocycles. The van der Waals surface area contributed by atoms with Crippen LogP contribution in [-0.2, 0) is 7.05 Å². The first-order valence-electron chi connectivity index (χ1n) is 5.94. The molecule has 7 heteroatoms. The van der Waals surface area contributed by atoms with E-state index in [2.05, 4.69) is 20.8 Å². The monoisotopic (exact) mass is 261 g/mol. The fraction of sp³-hybridized carbons (Fsp3) is 0.333. The quantitative estimate of drug-likeness (QED) is 0.738. The van der Waals surface area contributed by atoms with Gasteiger partial charge in [-0.2, -0.15) is 0 Å². The van der Waals surface area contributed by atoms with E-state index in [1.807, 2.05) is 6.07 Å². The molecule has 0 saturated heterocycles. The van der Waals surface area contributed by atoms with E-state index in [0.29, 0.717) is 24.4 Å². The maximum Gasteiger partial charge on any atom is 0.251 e. The number of aryl methyl sites for hydroxylation is 1. The number of hydrogen-bond donors (Lipinski definition) is 2. The van der Waals surface area contributed by atoms with Gasteiger partial charge in [-0.1, -0.05) is 12.1 Å². The Morgan fingerprint density at radius 3 is 3.00 bits per heavy atom. The predicted octanol–water partition coefficient (Wildman–Crippen LogP) is -0.0107. The summed E-state index contributed by atoms with van der Waals surface area (Å²) in [4.78, 5) is 11.9. The van der Waals surface area contributed by atoms with Crippen LogP contribution in [0.3, 0.4) is 0 Å². The number of nitrogens with one attached hydrogen (secondary N) is 1. The summed E-state index contributed by atoms with van der Waals surface area (Å²) in [6.07, 6.45) is 0.540. The van der Waals surface area contributed by atoms with E-state index in [4.69, 9.17) is 5.11 Å². The summed E-state index contributed by atoms with van der Waals surface area (Å²) in [6, 6.07) is 7.09. The van der Waals surface area contributed by atoms with Crippen molar-refractivity contribution in [1.82, 2.24) is 25.5 Å². The number of aliphatic hydroxyl groups is 1. The molecule has 0 fully saturated rings. The zero-order valence-corrected chi connectivity index (χ0v) is 10.6. The number of tetrazole rings is 1. The summed E-state index contributed by atoms with van der Waals surface area (Å²) in [5.74, 6) is 0.426. The van der Waals surface area contributed by atoms with E-state index in [1.165, 1.54) is 0 Å². The second-order valence-corrected chi connectivity index (χ2v) is 4.04. The maximum absolute atomic E-state index is 11.9. The SMILES string of the molecule is Cn1nnnc1-c1cccc(C(=O)NCCCO)c1. The first-order chi connectivity index (χ1) is 9.22. The van der Waals surface area contributed by atoms with Crippen LogP contribution in [0.15, 0.2) is 24.3 Å². The first kappa shape index (κ1) is 13.2. The molecule has 7 nitrogen and oxygen atoms in total. The van der Waals surface area contributed by atoms with Gasteiger partial charge in [0.1, 0.15) is 0 Å². The highest BCUT2D eigenvalue weighted by Crippen LogP contribution is 2.16. The molecule has 0 aliphatic carbocycles. The minimum absolute atomic E-state index is 0.0604. The molecule has 2 aromatic rings. The predicted molar refractivity (Wildman–Crippen MR) is 68.3 cm³/mol. The third-order valence-corrected chi connectivity index (χ3v) is 2.62. The zero-order valence-electron chi connectivity index (χ0n) is 10.6. The lowest BCUT2D eigenvalue weighted by Gasteiger charge is -2.05. The molecule has 0 aliphatic heterocycles. The van der Waals surface area contributed by atoms with Crippen LogP contribution in [0, 0.1) is 0 Å². The number of rotatable bonds is 5. The highest BCUT2D eigenvalue weighted by Gasteiger charge is 2.09. The third kappa shape index (κ3) is 3.14. The molecule has 0 bridgehead atoms. The number of carbonyl (C=O) groups is 1. The maximum atomic E-state index is 11.9. The van der Waals surface area contributed by atoms with Crippen LogP contribution in [0.25, 0.3) is 11.4 Å². The molecule has 19 heavy (non-hydrogen) atoms. The Morgan fingerprint density at radius 2 is 2.32 bits per heavy atom. The van der Waals surface area contributed by atoms with Crippen LogP contribution in [0.4, 0.5) is 0 Å². The average molecular weight is 261 g/mol. The Labute approximate surface area is 110 Å². The minimum atomic E-state index is -0.176. The second-order valence-electron chi connectivity index (χ2n) is 4.04. The van der Waals surface area contributed by atoms with Gasteiger partial charge in [0, 0.05) is 31.3 Å². The van der Waals surface area contributed by atoms with Crippen molar-refractivity contribution in [3.05, 3.63) is 29.8 Å². The van der Waals surface area contributed by atoms with Gasteiger partial charge in [0.2, 0.25) is 0 Å². The lowest BCUT2D eigenvalue weighted by atomic mass is 10.1. The van der Waals surface area contributed by atoms with E-state index in [9.17, 15) is 4.79 Å². The van der Waals surface area contributed by atoms with E-state index in [0.717, 1.165) is 5.56 Å². The summed E-state index contributed by atoms with van der Waals surface area (Å²) >= 11 is 0. The summed E-state index contributed by atoms with van der Waals surface area (Å²) in [6.45, 7) is 0.510. The molecule has 2 rings (SSSR count).